The van der Waals surface area contributed by atoms with Gasteiger partial charge >= 0.3 is 0 Å². The van der Waals surface area contributed by atoms with Crippen molar-refractivity contribution in [3.05, 3.63) is 23.9 Å². The first-order valence-electron chi connectivity index (χ1n) is 5.18. The third kappa shape index (κ3) is 1.85. The molecular weight excluding hydrogens is 214 g/mol. The number of hydrogen-bond acceptors (Lipinski definition) is 2. The first kappa shape index (κ1) is 10.9. The second-order valence-corrected chi connectivity index (χ2v) is 3.54. The van der Waals surface area contributed by atoms with Crippen LogP contribution in [0.3, 0.4) is 0 Å². The predicted octanol–water partition coefficient (Wildman–Crippen LogP) is 3.02. The number of benzene rings is 1. The molecule has 1 aromatic carbocycles. The molecule has 0 unspecified atom stereocenters. The summed E-state index contributed by atoms with van der Waals surface area (Å²) in [6, 6.07) is 1.21. The van der Waals surface area contributed by atoms with Crippen LogP contribution < -0.4 is 4.74 Å². The lowest BCUT2D eigenvalue weighted by atomic mass is 10.2. The van der Waals surface area contributed by atoms with Gasteiger partial charge < -0.3 is 4.74 Å². The fourth-order valence-corrected chi connectivity index (χ4v) is 1.45. The number of halogens is 2. The Balaban J connectivity index is 2.35. The van der Waals surface area contributed by atoms with E-state index in [9.17, 15) is 8.78 Å². The van der Waals surface area contributed by atoms with Gasteiger partial charge in [-0.05, 0) is 12.5 Å². The van der Waals surface area contributed by atoms with E-state index in [-0.39, 0.29) is 11.3 Å². The van der Waals surface area contributed by atoms with Crippen LogP contribution in [-0.4, -0.2) is 16.8 Å². The number of nitrogens with one attached hydrogen (secondary N) is 1. The molecule has 0 aliphatic heterocycles. The number of aromatic amines is 1. The van der Waals surface area contributed by atoms with Gasteiger partial charge in [0.2, 0.25) is 0 Å². The van der Waals surface area contributed by atoms with Crippen molar-refractivity contribution in [2.75, 3.05) is 6.61 Å². The van der Waals surface area contributed by atoms with Crippen LogP contribution in [0.1, 0.15) is 19.8 Å². The molecule has 0 amide bonds. The smallest absolute Gasteiger partial charge is 0.193 e. The van der Waals surface area contributed by atoms with Crippen molar-refractivity contribution in [3.63, 3.8) is 0 Å². The van der Waals surface area contributed by atoms with Crippen molar-refractivity contribution in [2.45, 2.75) is 19.8 Å². The van der Waals surface area contributed by atoms with E-state index >= 15 is 0 Å². The molecule has 86 valence electrons. The maximum absolute atomic E-state index is 13.8. The Morgan fingerprint density at radius 3 is 3.00 bits per heavy atom. The minimum atomic E-state index is -0.719. The van der Waals surface area contributed by atoms with Crippen LogP contribution in [0, 0.1) is 11.6 Å². The van der Waals surface area contributed by atoms with Crippen molar-refractivity contribution in [1.29, 1.82) is 0 Å². The van der Waals surface area contributed by atoms with Crippen LogP contribution in [0.25, 0.3) is 10.9 Å². The van der Waals surface area contributed by atoms with E-state index in [1.807, 2.05) is 6.92 Å². The Kier molecular flexibility index (Phi) is 3.03. The number of rotatable bonds is 4. The first-order valence-corrected chi connectivity index (χ1v) is 5.18. The maximum atomic E-state index is 13.8. The summed E-state index contributed by atoms with van der Waals surface area (Å²) in [7, 11) is 0. The zero-order chi connectivity index (χ0) is 11.5. The molecule has 1 heterocycles. The second-order valence-electron chi connectivity index (χ2n) is 3.54. The van der Waals surface area contributed by atoms with E-state index in [4.69, 9.17) is 4.74 Å². The van der Waals surface area contributed by atoms with Gasteiger partial charge in [0.05, 0.1) is 12.8 Å². The van der Waals surface area contributed by atoms with Gasteiger partial charge in [0.1, 0.15) is 5.52 Å². The van der Waals surface area contributed by atoms with E-state index in [1.165, 1.54) is 12.3 Å². The Morgan fingerprint density at radius 1 is 1.44 bits per heavy atom. The molecule has 0 bridgehead atoms. The van der Waals surface area contributed by atoms with Gasteiger partial charge in [-0.2, -0.15) is 5.10 Å². The van der Waals surface area contributed by atoms with E-state index in [0.717, 1.165) is 12.8 Å². The fourth-order valence-electron chi connectivity index (χ4n) is 1.45. The van der Waals surface area contributed by atoms with Crippen LogP contribution in [0.15, 0.2) is 12.3 Å². The summed E-state index contributed by atoms with van der Waals surface area (Å²) in [5, 5.41) is 6.53. The van der Waals surface area contributed by atoms with Gasteiger partial charge in [0, 0.05) is 5.39 Å². The zero-order valence-electron chi connectivity index (χ0n) is 8.89. The molecule has 2 rings (SSSR count). The fraction of sp³-hybridized carbons (Fsp3) is 0.364. The summed E-state index contributed by atoms with van der Waals surface area (Å²) in [4.78, 5) is 0. The highest BCUT2D eigenvalue weighted by molar-refractivity contribution is 5.80. The lowest BCUT2D eigenvalue weighted by molar-refractivity contribution is 0.280. The Morgan fingerprint density at radius 2 is 2.25 bits per heavy atom. The molecule has 0 aliphatic carbocycles. The monoisotopic (exact) mass is 226 g/mol. The highest BCUT2D eigenvalue weighted by Crippen LogP contribution is 2.28. The molecule has 0 atom stereocenters. The largest absolute Gasteiger partial charge is 0.488 e. The SMILES string of the molecule is CCCCOc1c(F)cc2cn[nH]c2c1F. The zero-order valence-corrected chi connectivity index (χ0v) is 8.89. The summed E-state index contributed by atoms with van der Waals surface area (Å²) in [5.74, 6) is -1.74. The lowest BCUT2D eigenvalue weighted by Gasteiger charge is -2.07. The second kappa shape index (κ2) is 4.47. The summed E-state index contributed by atoms with van der Waals surface area (Å²) in [6.07, 6.45) is 3.05. The van der Waals surface area contributed by atoms with E-state index < -0.39 is 11.6 Å². The number of hydrogen-bond donors (Lipinski definition) is 1. The molecule has 0 fully saturated rings. The van der Waals surface area contributed by atoms with Crippen molar-refractivity contribution in [1.82, 2.24) is 10.2 Å². The van der Waals surface area contributed by atoms with Gasteiger partial charge in [0.25, 0.3) is 0 Å². The molecule has 0 spiro atoms. The van der Waals surface area contributed by atoms with Crippen LogP contribution in [-0.2, 0) is 0 Å². The number of ether oxygens (including phenoxy) is 1. The molecule has 0 aliphatic rings. The summed E-state index contributed by atoms with van der Waals surface area (Å²) in [5.41, 5.74) is 0.174. The highest BCUT2D eigenvalue weighted by Gasteiger charge is 2.16. The van der Waals surface area contributed by atoms with Gasteiger partial charge in [-0.25, -0.2) is 8.78 Å². The van der Waals surface area contributed by atoms with Crippen molar-refractivity contribution in [3.8, 4) is 5.75 Å². The Bertz CT molecular complexity index is 496. The van der Waals surface area contributed by atoms with Crippen molar-refractivity contribution >= 4 is 10.9 Å². The molecule has 0 saturated heterocycles. The summed E-state index contributed by atoms with van der Waals surface area (Å²) < 4.78 is 32.3. The summed E-state index contributed by atoms with van der Waals surface area (Å²) >= 11 is 0. The number of nitrogens with zero attached hydrogens (tertiary/aromatic N) is 1. The van der Waals surface area contributed by atoms with E-state index in [0.29, 0.717) is 12.0 Å². The van der Waals surface area contributed by atoms with Crippen LogP contribution in [0.5, 0.6) is 5.75 Å². The third-order valence-electron chi connectivity index (χ3n) is 2.33. The standard InChI is InChI=1S/C11H12F2N2O/c1-2-3-4-16-11-8(12)5-7-6-14-15-10(7)9(11)13/h5-6H,2-4H2,1H3,(H,14,15). The topological polar surface area (TPSA) is 37.9 Å². The molecule has 0 radical (unpaired) electrons. The molecule has 3 nitrogen and oxygen atoms in total. The van der Waals surface area contributed by atoms with Gasteiger partial charge in [-0.3, -0.25) is 5.10 Å². The number of H-pyrrole nitrogens is 1. The van der Waals surface area contributed by atoms with Crippen molar-refractivity contribution in [2.24, 2.45) is 0 Å². The molecule has 1 N–H and O–H groups in total. The Hall–Kier alpha value is -1.65. The molecule has 0 saturated carbocycles. The summed E-state index contributed by atoms with van der Waals surface area (Å²) in [6.45, 7) is 2.29. The third-order valence-corrected chi connectivity index (χ3v) is 2.33. The Labute approximate surface area is 91.4 Å². The van der Waals surface area contributed by atoms with Crippen LogP contribution >= 0.6 is 0 Å². The average Bonchev–Trinajstić information content (AvgIpc) is 2.71. The first-order chi connectivity index (χ1) is 7.74. The maximum Gasteiger partial charge on any atom is 0.193 e. The average molecular weight is 226 g/mol. The number of fused-ring (bicyclic) bond motifs is 1. The highest BCUT2D eigenvalue weighted by atomic mass is 19.1. The molecule has 16 heavy (non-hydrogen) atoms. The van der Waals surface area contributed by atoms with Gasteiger partial charge in [0.15, 0.2) is 17.4 Å². The van der Waals surface area contributed by atoms with Gasteiger partial charge in [-0.15, -0.1) is 0 Å². The number of unbranched alkanes of at least 4 members (excludes halogenated alkanes) is 1. The quantitative estimate of drug-likeness (QED) is 0.814. The van der Waals surface area contributed by atoms with E-state index in [2.05, 4.69) is 10.2 Å². The molecule has 2 aromatic rings. The van der Waals surface area contributed by atoms with E-state index in [1.54, 1.807) is 0 Å². The molecular formula is C11H12F2N2O. The predicted molar refractivity (Wildman–Crippen MR) is 56.4 cm³/mol. The van der Waals surface area contributed by atoms with Crippen LogP contribution in [0.2, 0.25) is 0 Å². The van der Waals surface area contributed by atoms with Crippen molar-refractivity contribution < 1.29 is 13.5 Å². The minimum absolute atomic E-state index is 0.174. The van der Waals surface area contributed by atoms with Crippen LogP contribution in [0.4, 0.5) is 8.78 Å². The number of aromatic nitrogens is 2. The molecule has 5 heteroatoms. The minimum Gasteiger partial charge on any atom is -0.488 e. The lowest BCUT2D eigenvalue weighted by Crippen LogP contribution is -2.01. The normalized spacial score (nSPS) is 10.9. The molecule has 1 aromatic heterocycles. The van der Waals surface area contributed by atoms with Gasteiger partial charge in [-0.1, -0.05) is 13.3 Å².